The molecular formula is C21H33N3O2S. The van der Waals surface area contributed by atoms with Crippen molar-refractivity contribution in [3.05, 3.63) is 34.9 Å². The molecule has 1 saturated heterocycles. The maximum atomic E-state index is 11.7. The number of hydrogen-bond donors (Lipinski definition) is 2. The maximum absolute atomic E-state index is 11.7. The van der Waals surface area contributed by atoms with E-state index < -0.39 is 9.84 Å². The number of aliphatic imine (C=N–C) groups is 1. The van der Waals surface area contributed by atoms with Crippen LogP contribution in [0.5, 0.6) is 0 Å². The summed E-state index contributed by atoms with van der Waals surface area (Å²) in [6.07, 6.45) is 5.68. The second-order valence-electron chi connectivity index (χ2n) is 8.36. The third-order valence-electron chi connectivity index (χ3n) is 5.49. The van der Waals surface area contributed by atoms with Crippen LogP contribution in [0.4, 0.5) is 0 Å². The van der Waals surface area contributed by atoms with Gasteiger partial charge in [-0.3, -0.25) is 4.99 Å². The Labute approximate surface area is 164 Å². The first-order valence-corrected chi connectivity index (χ1v) is 12.0. The van der Waals surface area contributed by atoms with Gasteiger partial charge >= 0.3 is 0 Å². The van der Waals surface area contributed by atoms with Gasteiger partial charge in [-0.15, -0.1) is 0 Å². The van der Waals surface area contributed by atoms with Crippen LogP contribution in [0.2, 0.25) is 0 Å². The minimum absolute atomic E-state index is 0.139. The van der Waals surface area contributed by atoms with E-state index in [0.717, 1.165) is 12.4 Å². The van der Waals surface area contributed by atoms with Gasteiger partial charge in [0.05, 0.1) is 17.5 Å². The van der Waals surface area contributed by atoms with E-state index in [2.05, 4.69) is 49.6 Å². The highest BCUT2D eigenvalue weighted by Gasteiger charge is 2.27. The molecule has 3 rings (SSSR count). The monoisotopic (exact) mass is 391 g/mol. The zero-order valence-electron chi connectivity index (χ0n) is 16.8. The Balaban J connectivity index is 1.67. The highest BCUT2D eigenvalue weighted by atomic mass is 32.2. The molecule has 0 amide bonds. The lowest BCUT2D eigenvalue weighted by Gasteiger charge is -2.23. The Kier molecular flexibility index (Phi) is 6.45. The highest BCUT2D eigenvalue weighted by molar-refractivity contribution is 7.91. The van der Waals surface area contributed by atoms with Crippen molar-refractivity contribution in [2.75, 3.05) is 18.1 Å². The Morgan fingerprint density at radius 3 is 2.56 bits per heavy atom. The van der Waals surface area contributed by atoms with Gasteiger partial charge in [0.2, 0.25) is 0 Å². The van der Waals surface area contributed by atoms with Gasteiger partial charge in [-0.1, -0.05) is 18.2 Å². The summed E-state index contributed by atoms with van der Waals surface area (Å²) < 4.78 is 23.3. The molecule has 1 fully saturated rings. The number of rotatable bonds is 5. The number of fused-ring (bicyclic) bond motifs is 1. The highest BCUT2D eigenvalue weighted by Crippen LogP contribution is 2.25. The molecule has 1 aromatic rings. The summed E-state index contributed by atoms with van der Waals surface area (Å²) in [7, 11) is -2.85. The fourth-order valence-corrected chi connectivity index (χ4v) is 5.80. The molecule has 150 valence electrons. The van der Waals surface area contributed by atoms with Gasteiger partial charge in [0.15, 0.2) is 15.8 Å². The minimum Gasteiger partial charge on any atom is -0.354 e. The van der Waals surface area contributed by atoms with E-state index in [0.29, 0.717) is 12.3 Å². The van der Waals surface area contributed by atoms with Crippen LogP contribution < -0.4 is 10.6 Å². The van der Waals surface area contributed by atoms with Crippen molar-refractivity contribution in [3.63, 3.8) is 0 Å². The van der Waals surface area contributed by atoms with E-state index >= 15 is 0 Å². The molecule has 1 heterocycles. The molecule has 0 spiro atoms. The number of benzene rings is 1. The van der Waals surface area contributed by atoms with Crippen LogP contribution >= 0.6 is 0 Å². The Bertz CT molecular complexity index is 787. The van der Waals surface area contributed by atoms with Gasteiger partial charge < -0.3 is 10.6 Å². The number of hydrogen-bond acceptors (Lipinski definition) is 3. The molecule has 2 unspecified atom stereocenters. The summed E-state index contributed by atoms with van der Waals surface area (Å²) in [5.41, 5.74) is 4.25. The molecule has 0 saturated carbocycles. The molecule has 6 heteroatoms. The number of guanidine groups is 1. The Morgan fingerprint density at radius 1 is 1.15 bits per heavy atom. The molecule has 2 aliphatic rings. The standard InChI is InChI=1S/C21H33N3O2S/c1-15(2)23-21(22-13-17-10-11-27(25,26)14-17)24-16(3)19-9-8-18-6-4-5-7-20(18)12-19/h8-9,12,15-17H,4-7,10-11,13-14H2,1-3H3,(H2,22,23,24). The third kappa shape index (κ3) is 5.71. The average Bonchev–Trinajstić information content (AvgIpc) is 2.97. The van der Waals surface area contributed by atoms with Crippen molar-refractivity contribution in [1.29, 1.82) is 0 Å². The van der Waals surface area contributed by atoms with E-state index in [1.165, 1.54) is 42.4 Å². The topological polar surface area (TPSA) is 70.6 Å². The van der Waals surface area contributed by atoms with Gasteiger partial charge in [0.1, 0.15) is 0 Å². The van der Waals surface area contributed by atoms with Gasteiger partial charge in [-0.2, -0.15) is 0 Å². The van der Waals surface area contributed by atoms with Crippen LogP contribution in [0.1, 0.15) is 62.8 Å². The number of aryl methyl sites for hydroxylation is 2. The molecule has 0 bridgehead atoms. The first-order valence-electron chi connectivity index (χ1n) is 10.2. The van der Waals surface area contributed by atoms with Crippen LogP contribution in [0.15, 0.2) is 23.2 Å². The van der Waals surface area contributed by atoms with E-state index in [1.807, 2.05) is 0 Å². The van der Waals surface area contributed by atoms with Crippen LogP contribution in [-0.2, 0) is 22.7 Å². The summed E-state index contributed by atoms with van der Waals surface area (Å²) in [6, 6.07) is 7.24. The molecule has 1 aliphatic carbocycles. The van der Waals surface area contributed by atoms with Gasteiger partial charge in [-0.25, -0.2) is 8.42 Å². The molecule has 5 nitrogen and oxygen atoms in total. The maximum Gasteiger partial charge on any atom is 0.191 e. The summed E-state index contributed by atoms with van der Waals surface area (Å²) in [6.45, 7) is 6.88. The number of nitrogens with zero attached hydrogens (tertiary/aromatic N) is 1. The summed E-state index contributed by atoms with van der Waals surface area (Å²) in [5.74, 6) is 1.48. The number of nitrogens with one attached hydrogen (secondary N) is 2. The second kappa shape index (κ2) is 8.63. The van der Waals surface area contributed by atoms with Crippen molar-refractivity contribution in [2.24, 2.45) is 10.9 Å². The van der Waals surface area contributed by atoms with E-state index in [-0.39, 0.29) is 23.8 Å². The Morgan fingerprint density at radius 2 is 1.89 bits per heavy atom. The lowest BCUT2D eigenvalue weighted by Crippen LogP contribution is -2.42. The van der Waals surface area contributed by atoms with Gasteiger partial charge in [0, 0.05) is 12.6 Å². The summed E-state index contributed by atoms with van der Waals surface area (Å²) in [4.78, 5) is 4.69. The molecule has 2 N–H and O–H groups in total. The molecule has 2 atom stereocenters. The van der Waals surface area contributed by atoms with Gasteiger partial charge in [0.25, 0.3) is 0 Å². The predicted molar refractivity (Wildman–Crippen MR) is 112 cm³/mol. The third-order valence-corrected chi connectivity index (χ3v) is 7.32. The Hall–Kier alpha value is -1.56. The van der Waals surface area contributed by atoms with Crippen LogP contribution in [-0.4, -0.2) is 38.5 Å². The van der Waals surface area contributed by atoms with E-state index in [1.54, 1.807) is 0 Å². The normalized spacial score (nSPS) is 23.1. The van der Waals surface area contributed by atoms with Crippen LogP contribution in [0.25, 0.3) is 0 Å². The first-order chi connectivity index (χ1) is 12.8. The molecular weight excluding hydrogens is 358 g/mol. The lowest BCUT2D eigenvalue weighted by atomic mass is 9.89. The molecule has 0 radical (unpaired) electrons. The molecule has 1 aliphatic heterocycles. The number of sulfone groups is 1. The second-order valence-corrected chi connectivity index (χ2v) is 10.6. The van der Waals surface area contributed by atoms with Crippen LogP contribution in [0, 0.1) is 5.92 Å². The summed E-state index contributed by atoms with van der Waals surface area (Å²) >= 11 is 0. The smallest absolute Gasteiger partial charge is 0.191 e. The van der Waals surface area contributed by atoms with E-state index in [4.69, 9.17) is 4.99 Å². The summed E-state index contributed by atoms with van der Waals surface area (Å²) in [5, 5.41) is 6.88. The minimum atomic E-state index is -2.85. The zero-order valence-corrected chi connectivity index (χ0v) is 17.6. The lowest BCUT2D eigenvalue weighted by molar-refractivity contribution is 0.584. The van der Waals surface area contributed by atoms with Crippen molar-refractivity contribution in [3.8, 4) is 0 Å². The van der Waals surface area contributed by atoms with Crippen molar-refractivity contribution < 1.29 is 8.42 Å². The van der Waals surface area contributed by atoms with Crippen LogP contribution in [0.3, 0.4) is 0 Å². The van der Waals surface area contributed by atoms with Crippen molar-refractivity contribution in [1.82, 2.24) is 10.6 Å². The molecule has 0 aromatic heterocycles. The fraction of sp³-hybridized carbons (Fsp3) is 0.667. The van der Waals surface area contributed by atoms with Crippen molar-refractivity contribution in [2.45, 2.75) is 65.0 Å². The largest absolute Gasteiger partial charge is 0.354 e. The molecule has 27 heavy (non-hydrogen) atoms. The van der Waals surface area contributed by atoms with E-state index in [9.17, 15) is 8.42 Å². The first kappa shape index (κ1) is 20.2. The SMILES string of the molecule is CC(C)NC(=NCC1CCS(=O)(=O)C1)NC(C)c1ccc2c(c1)CCCC2. The van der Waals surface area contributed by atoms with Gasteiger partial charge in [-0.05, 0) is 75.5 Å². The van der Waals surface area contributed by atoms with Crippen molar-refractivity contribution >= 4 is 15.8 Å². The quantitative estimate of drug-likeness (QED) is 0.598. The zero-order chi connectivity index (χ0) is 19.4. The average molecular weight is 392 g/mol. The fourth-order valence-electron chi connectivity index (χ4n) is 3.95. The predicted octanol–water partition coefficient (Wildman–Crippen LogP) is 3.00. The molecule has 1 aromatic carbocycles.